The molecule has 0 fully saturated rings. The standard InChI is InChI=1S/C16H14F2N2O/c17-15-5-13(7-19)6-16(18)14(15)9-20-8-11-1-3-12(10-21)4-2-11/h1-6,20-21H,8-10H2. The zero-order valence-electron chi connectivity index (χ0n) is 11.2. The molecule has 2 aromatic rings. The summed E-state index contributed by atoms with van der Waals surface area (Å²) in [6.07, 6.45) is 0. The van der Waals surface area contributed by atoms with Crippen molar-refractivity contribution in [3.63, 3.8) is 0 Å². The highest BCUT2D eigenvalue weighted by Crippen LogP contribution is 2.15. The Kier molecular flexibility index (Phi) is 4.99. The van der Waals surface area contributed by atoms with Gasteiger partial charge in [-0.1, -0.05) is 24.3 Å². The summed E-state index contributed by atoms with van der Waals surface area (Å²) in [6.45, 7) is 0.463. The molecule has 0 aliphatic carbocycles. The summed E-state index contributed by atoms with van der Waals surface area (Å²) in [4.78, 5) is 0. The van der Waals surface area contributed by atoms with Gasteiger partial charge in [0.1, 0.15) is 11.6 Å². The number of nitrogens with zero attached hydrogens (tertiary/aromatic N) is 1. The maximum Gasteiger partial charge on any atom is 0.131 e. The number of hydrogen-bond acceptors (Lipinski definition) is 3. The lowest BCUT2D eigenvalue weighted by Gasteiger charge is -2.08. The molecule has 2 rings (SSSR count). The van der Waals surface area contributed by atoms with E-state index in [0.717, 1.165) is 23.3 Å². The maximum absolute atomic E-state index is 13.7. The van der Waals surface area contributed by atoms with Gasteiger partial charge in [-0.15, -0.1) is 0 Å². The van der Waals surface area contributed by atoms with Crippen LogP contribution in [0, 0.1) is 23.0 Å². The predicted molar refractivity (Wildman–Crippen MR) is 74.0 cm³/mol. The number of nitrogens with one attached hydrogen (secondary N) is 1. The second kappa shape index (κ2) is 6.93. The number of benzene rings is 2. The second-order valence-electron chi connectivity index (χ2n) is 4.61. The molecular formula is C16H14F2N2O. The van der Waals surface area contributed by atoms with Gasteiger partial charge in [-0.3, -0.25) is 0 Å². The average molecular weight is 288 g/mol. The monoisotopic (exact) mass is 288 g/mol. The smallest absolute Gasteiger partial charge is 0.131 e. The molecule has 0 bridgehead atoms. The van der Waals surface area contributed by atoms with Gasteiger partial charge in [0, 0.05) is 18.7 Å². The van der Waals surface area contributed by atoms with Gasteiger partial charge < -0.3 is 10.4 Å². The molecule has 2 N–H and O–H groups in total. The van der Waals surface area contributed by atoms with E-state index in [2.05, 4.69) is 5.32 Å². The van der Waals surface area contributed by atoms with E-state index in [1.54, 1.807) is 18.2 Å². The van der Waals surface area contributed by atoms with Crippen LogP contribution in [-0.2, 0) is 19.7 Å². The highest BCUT2D eigenvalue weighted by Gasteiger charge is 2.10. The van der Waals surface area contributed by atoms with Crippen molar-refractivity contribution in [2.45, 2.75) is 19.7 Å². The SMILES string of the molecule is N#Cc1cc(F)c(CNCc2ccc(CO)cc2)c(F)c1. The zero-order chi connectivity index (χ0) is 15.2. The van der Waals surface area contributed by atoms with Gasteiger partial charge >= 0.3 is 0 Å². The van der Waals surface area contributed by atoms with Crippen LogP contribution < -0.4 is 5.32 Å². The molecule has 5 heteroatoms. The first-order valence-corrected chi connectivity index (χ1v) is 6.41. The van der Waals surface area contributed by atoms with Crippen LogP contribution in [0.4, 0.5) is 8.78 Å². The maximum atomic E-state index is 13.7. The lowest BCUT2D eigenvalue weighted by molar-refractivity contribution is 0.282. The summed E-state index contributed by atoms with van der Waals surface area (Å²) in [5.74, 6) is -1.45. The Morgan fingerprint density at radius 3 is 2.10 bits per heavy atom. The van der Waals surface area contributed by atoms with Crippen molar-refractivity contribution in [2.24, 2.45) is 0 Å². The zero-order valence-corrected chi connectivity index (χ0v) is 11.2. The molecule has 0 saturated heterocycles. The number of rotatable bonds is 5. The van der Waals surface area contributed by atoms with Gasteiger partial charge in [0.25, 0.3) is 0 Å². The largest absolute Gasteiger partial charge is 0.392 e. The molecule has 21 heavy (non-hydrogen) atoms. The quantitative estimate of drug-likeness (QED) is 0.889. The van der Waals surface area contributed by atoms with E-state index in [0.29, 0.717) is 6.54 Å². The van der Waals surface area contributed by atoms with Crippen molar-refractivity contribution in [1.29, 1.82) is 5.26 Å². The molecule has 108 valence electrons. The molecule has 0 atom stereocenters. The van der Waals surface area contributed by atoms with Crippen LogP contribution in [0.1, 0.15) is 22.3 Å². The average Bonchev–Trinajstić information content (AvgIpc) is 2.50. The third kappa shape index (κ3) is 3.85. The van der Waals surface area contributed by atoms with Crippen LogP contribution in [0.5, 0.6) is 0 Å². The van der Waals surface area contributed by atoms with E-state index in [1.807, 2.05) is 12.1 Å². The fraction of sp³-hybridized carbons (Fsp3) is 0.188. The Balaban J connectivity index is 1.98. The fourth-order valence-electron chi connectivity index (χ4n) is 1.93. The Hall–Kier alpha value is -2.29. The summed E-state index contributed by atoms with van der Waals surface area (Å²) in [5, 5.41) is 20.5. The Morgan fingerprint density at radius 1 is 1.00 bits per heavy atom. The topological polar surface area (TPSA) is 56.0 Å². The Labute approximate surface area is 121 Å². The molecule has 0 radical (unpaired) electrons. The molecule has 0 aliphatic heterocycles. The van der Waals surface area contributed by atoms with Crippen molar-refractivity contribution in [3.05, 3.63) is 70.3 Å². The van der Waals surface area contributed by atoms with Gasteiger partial charge in [0.15, 0.2) is 0 Å². The van der Waals surface area contributed by atoms with Crippen molar-refractivity contribution in [3.8, 4) is 6.07 Å². The van der Waals surface area contributed by atoms with Gasteiger partial charge in [0.2, 0.25) is 0 Å². The minimum atomic E-state index is -0.727. The predicted octanol–water partition coefficient (Wildman–Crippen LogP) is 2.62. The Morgan fingerprint density at radius 2 is 1.57 bits per heavy atom. The summed E-state index contributed by atoms with van der Waals surface area (Å²) in [5.41, 5.74) is 1.64. The summed E-state index contributed by atoms with van der Waals surface area (Å²) in [6, 6.07) is 11.0. The van der Waals surface area contributed by atoms with Crippen molar-refractivity contribution in [2.75, 3.05) is 0 Å². The molecular weight excluding hydrogens is 274 g/mol. The highest BCUT2D eigenvalue weighted by atomic mass is 19.1. The lowest BCUT2D eigenvalue weighted by atomic mass is 10.1. The number of hydrogen-bond donors (Lipinski definition) is 2. The van der Waals surface area contributed by atoms with E-state index in [9.17, 15) is 8.78 Å². The van der Waals surface area contributed by atoms with Crippen LogP contribution in [0.2, 0.25) is 0 Å². The molecule has 0 saturated carbocycles. The second-order valence-corrected chi connectivity index (χ2v) is 4.61. The number of halogens is 2. The highest BCUT2D eigenvalue weighted by molar-refractivity contribution is 5.34. The van der Waals surface area contributed by atoms with Crippen molar-refractivity contribution in [1.82, 2.24) is 5.32 Å². The van der Waals surface area contributed by atoms with Crippen LogP contribution in [0.25, 0.3) is 0 Å². The first-order chi connectivity index (χ1) is 10.1. The van der Waals surface area contributed by atoms with E-state index >= 15 is 0 Å². The molecule has 3 nitrogen and oxygen atoms in total. The van der Waals surface area contributed by atoms with Crippen LogP contribution in [0.15, 0.2) is 36.4 Å². The van der Waals surface area contributed by atoms with E-state index < -0.39 is 11.6 Å². The minimum absolute atomic E-state index is 0.0185. The van der Waals surface area contributed by atoms with E-state index in [-0.39, 0.29) is 24.3 Å². The third-order valence-electron chi connectivity index (χ3n) is 3.11. The first-order valence-electron chi connectivity index (χ1n) is 6.41. The third-order valence-corrected chi connectivity index (χ3v) is 3.11. The molecule has 0 unspecified atom stereocenters. The number of aliphatic hydroxyl groups excluding tert-OH is 1. The Bertz CT molecular complexity index is 640. The molecule has 0 heterocycles. The molecule has 0 aliphatic rings. The summed E-state index contributed by atoms with van der Waals surface area (Å²) in [7, 11) is 0. The van der Waals surface area contributed by atoms with Crippen molar-refractivity contribution >= 4 is 0 Å². The van der Waals surface area contributed by atoms with Gasteiger partial charge in [0.05, 0.1) is 18.2 Å². The summed E-state index contributed by atoms with van der Waals surface area (Å²) < 4.78 is 27.3. The van der Waals surface area contributed by atoms with Crippen LogP contribution in [0.3, 0.4) is 0 Å². The van der Waals surface area contributed by atoms with Gasteiger partial charge in [-0.05, 0) is 23.3 Å². The molecule has 0 aromatic heterocycles. The molecule has 0 spiro atoms. The van der Waals surface area contributed by atoms with Crippen molar-refractivity contribution < 1.29 is 13.9 Å². The van der Waals surface area contributed by atoms with Gasteiger partial charge in [-0.2, -0.15) is 5.26 Å². The first kappa shape index (κ1) is 15.1. The lowest BCUT2D eigenvalue weighted by Crippen LogP contribution is -2.15. The number of aliphatic hydroxyl groups is 1. The minimum Gasteiger partial charge on any atom is -0.392 e. The normalized spacial score (nSPS) is 10.4. The van der Waals surface area contributed by atoms with E-state index in [1.165, 1.54) is 0 Å². The van der Waals surface area contributed by atoms with E-state index in [4.69, 9.17) is 10.4 Å². The van der Waals surface area contributed by atoms with Crippen LogP contribution in [-0.4, -0.2) is 5.11 Å². The van der Waals surface area contributed by atoms with Crippen LogP contribution >= 0.6 is 0 Å². The summed E-state index contributed by atoms with van der Waals surface area (Å²) >= 11 is 0. The fourth-order valence-corrected chi connectivity index (χ4v) is 1.93. The molecule has 0 amide bonds. The van der Waals surface area contributed by atoms with Gasteiger partial charge in [-0.25, -0.2) is 8.78 Å². The number of nitriles is 1. The molecule has 2 aromatic carbocycles.